The Bertz CT molecular complexity index is 438. The number of hydrogen-bond donors (Lipinski definition) is 1. The highest BCUT2D eigenvalue weighted by atomic mass is 19.1. The van der Waals surface area contributed by atoms with Crippen molar-refractivity contribution < 1.29 is 4.39 Å². The van der Waals surface area contributed by atoms with Gasteiger partial charge in [0.25, 0.3) is 0 Å². The summed E-state index contributed by atoms with van der Waals surface area (Å²) < 4.78 is 13.4. The topological polar surface area (TPSA) is 39.1 Å². The van der Waals surface area contributed by atoms with Crippen LogP contribution in [-0.2, 0) is 0 Å². The number of benzene rings is 1. The monoisotopic (exact) mass is 263 g/mol. The minimum absolute atomic E-state index is 0.0989. The first-order valence-electron chi connectivity index (χ1n) is 6.69. The third-order valence-electron chi connectivity index (χ3n) is 3.26. The molecule has 0 aromatic heterocycles. The zero-order valence-corrected chi connectivity index (χ0v) is 11.9. The molecule has 0 atom stereocenters. The molecule has 0 aliphatic heterocycles. The minimum Gasteiger partial charge on any atom is -0.384 e. The fourth-order valence-corrected chi connectivity index (χ4v) is 1.75. The van der Waals surface area contributed by atoms with Gasteiger partial charge in [-0.2, -0.15) is 5.26 Å². The summed E-state index contributed by atoms with van der Waals surface area (Å²) in [6, 6.07) is 7.11. The first kappa shape index (κ1) is 15.5. The van der Waals surface area contributed by atoms with E-state index in [4.69, 9.17) is 5.26 Å². The number of nitriles is 1. The molecule has 0 radical (unpaired) electrons. The Morgan fingerprint density at radius 2 is 2.11 bits per heavy atom. The van der Waals surface area contributed by atoms with Crippen molar-refractivity contribution in [3.8, 4) is 6.07 Å². The van der Waals surface area contributed by atoms with Crippen molar-refractivity contribution in [1.82, 2.24) is 4.90 Å². The van der Waals surface area contributed by atoms with Gasteiger partial charge in [0.15, 0.2) is 0 Å². The smallest absolute Gasteiger partial charge is 0.143 e. The highest BCUT2D eigenvalue weighted by Crippen LogP contribution is 2.17. The largest absolute Gasteiger partial charge is 0.384 e. The summed E-state index contributed by atoms with van der Waals surface area (Å²) in [5.41, 5.74) is 0.682. The molecule has 0 amide bonds. The van der Waals surface area contributed by atoms with Crippen molar-refractivity contribution in [1.29, 1.82) is 5.26 Å². The molecule has 19 heavy (non-hydrogen) atoms. The Kier molecular flexibility index (Phi) is 6.31. The van der Waals surface area contributed by atoms with Gasteiger partial charge in [0.2, 0.25) is 0 Å². The van der Waals surface area contributed by atoms with Crippen LogP contribution < -0.4 is 5.32 Å². The second-order valence-electron chi connectivity index (χ2n) is 4.98. The Hall–Kier alpha value is -1.60. The number of halogens is 1. The van der Waals surface area contributed by atoms with Crippen molar-refractivity contribution in [2.75, 3.05) is 25.5 Å². The van der Waals surface area contributed by atoms with Gasteiger partial charge in [-0.25, -0.2) is 4.39 Å². The molecule has 0 heterocycles. The summed E-state index contributed by atoms with van der Waals surface area (Å²) in [5.74, 6) is -0.466. The molecule has 1 aromatic rings. The fourth-order valence-electron chi connectivity index (χ4n) is 1.75. The summed E-state index contributed by atoms with van der Waals surface area (Å²) in [5, 5.41) is 12.0. The van der Waals surface area contributed by atoms with E-state index in [2.05, 4.69) is 31.1 Å². The Morgan fingerprint density at radius 3 is 2.74 bits per heavy atom. The third-order valence-corrected chi connectivity index (χ3v) is 3.26. The van der Waals surface area contributed by atoms with Gasteiger partial charge in [0.1, 0.15) is 17.4 Å². The van der Waals surface area contributed by atoms with E-state index in [-0.39, 0.29) is 5.56 Å². The molecule has 104 valence electrons. The van der Waals surface area contributed by atoms with E-state index in [0.29, 0.717) is 11.7 Å². The van der Waals surface area contributed by atoms with Crippen LogP contribution in [0.15, 0.2) is 18.2 Å². The number of unbranched alkanes of at least 4 members (excludes halogenated alkanes) is 1. The van der Waals surface area contributed by atoms with Crippen LogP contribution in [-0.4, -0.2) is 31.1 Å². The van der Waals surface area contributed by atoms with Gasteiger partial charge in [0.05, 0.1) is 5.69 Å². The lowest BCUT2D eigenvalue weighted by molar-refractivity contribution is 0.269. The zero-order valence-electron chi connectivity index (χ0n) is 11.9. The van der Waals surface area contributed by atoms with Crippen LogP contribution in [0.2, 0.25) is 0 Å². The van der Waals surface area contributed by atoms with Gasteiger partial charge in [0, 0.05) is 12.6 Å². The van der Waals surface area contributed by atoms with Gasteiger partial charge in [-0.1, -0.05) is 6.07 Å². The molecule has 0 unspecified atom stereocenters. The molecule has 1 aromatic carbocycles. The molecule has 0 fully saturated rings. The van der Waals surface area contributed by atoms with Crippen molar-refractivity contribution in [3.63, 3.8) is 0 Å². The van der Waals surface area contributed by atoms with Crippen LogP contribution >= 0.6 is 0 Å². The maximum atomic E-state index is 13.4. The molecule has 4 heteroatoms. The SMILES string of the molecule is CC(C)N(C)CCCCNc1cccc(F)c1C#N. The van der Waals surface area contributed by atoms with E-state index in [0.717, 1.165) is 25.9 Å². The van der Waals surface area contributed by atoms with Gasteiger partial charge in [-0.05, 0) is 52.4 Å². The predicted octanol–water partition coefficient (Wildman–Crippen LogP) is 3.23. The van der Waals surface area contributed by atoms with Crippen molar-refractivity contribution in [2.45, 2.75) is 32.7 Å². The second kappa shape index (κ2) is 7.75. The van der Waals surface area contributed by atoms with E-state index in [1.807, 2.05) is 6.07 Å². The van der Waals surface area contributed by atoms with Crippen LogP contribution in [0, 0.1) is 17.1 Å². The van der Waals surface area contributed by atoms with Crippen LogP contribution in [0.3, 0.4) is 0 Å². The number of nitrogens with one attached hydrogen (secondary N) is 1. The van der Waals surface area contributed by atoms with E-state index in [1.165, 1.54) is 6.07 Å². The summed E-state index contributed by atoms with van der Waals surface area (Å²) in [6.07, 6.45) is 2.08. The van der Waals surface area contributed by atoms with E-state index >= 15 is 0 Å². The van der Waals surface area contributed by atoms with E-state index in [9.17, 15) is 4.39 Å². The minimum atomic E-state index is -0.466. The lowest BCUT2D eigenvalue weighted by atomic mass is 10.1. The highest BCUT2D eigenvalue weighted by molar-refractivity contribution is 5.57. The molecule has 0 saturated carbocycles. The summed E-state index contributed by atoms with van der Waals surface area (Å²) in [6.45, 7) is 6.14. The average molecular weight is 263 g/mol. The Labute approximate surface area is 115 Å². The third kappa shape index (κ3) is 4.88. The molecule has 0 bridgehead atoms. The highest BCUT2D eigenvalue weighted by Gasteiger charge is 2.07. The standard InChI is InChI=1S/C15H22FN3/c1-12(2)19(3)10-5-4-9-18-15-8-6-7-14(16)13(15)11-17/h6-8,12,18H,4-5,9-10H2,1-3H3. The number of anilines is 1. The first-order chi connectivity index (χ1) is 9.06. The zero-order chi connectivity index (χ0) is 14.3. The average Bonchev–Trinajstić information content (AvgIpc) is 2.38. The fraction of sp³-hybridized carbons (Fsp3) is 0.533. The first-order valence-corrected chi connectivity index (χ1v) is 6.69. The lowest BCUT2D eigenvalue weighted by Crippen LogP contribution is -2.27. The molecule has 0 aliphatic rings. The molecule has 1 rings (SSSR count). The molecule has 0 saturated heterocycles. The molecular formula is C15H22FN3. The van der Waals surface area contributed by atoms with E-state index in [1.54, 1.807) is 12.1 Å². The summed E-state index contributed by atoms with van der Waals surface area (Å²) in [4.78, 5) is 2.29. The van der Waals surface area contributed by atoms with Crippen LogP contribution in [0.4, 0.5) is 10.1 Å². The van der Waals surface area contributed by atoms with Gasteiger partial charge < -0.3 is 10.2 Å². The van der Waals surface area contributed by atoms with Gasteiger partial charge in [-0.15, -0.1) is 0 Å². The Morgan fingerprint density at radius 1 is 1.37 bits per heavy atom. The van der Waals surface area contributed by atoms with Crippen molar-refractivity contribution in [3.05, 3.63) is 29.6 Å². The summed E-state index contributed by atoms with van der Waals surface area (Å²) >= 11 is 0. The maximum absolute atomic E-state index is 13.4. The molecular weight excluding hydrogens is 241 g/mol. The molecule has 0 aliphatic carbocycles. The number of rotatable bonds is 7. The van der Waals surface area contributed by atoms with Gasteiger partial charge >= 0.3 is 0 Å². The quantitative estimate of drug-likeness (QED) is 0.768. The van der Waals surface area contributed by atoms with E-state index < -0.39 is 5.82 Å². The van der Waals surface area contributed by atoms with Crippen molar-refractivity contribution in [2.24, 2.45) is 0 Å². The second-order valence-corrected chi connectivity index (χ2v) is 4.98. The predicted molar refractivity (Wildman–Crippen MR) is 76.6 cm³/mol. The number of hydrogen-bond acceptors (Lipinski definition) is 3. The van der Waals surface area contributed by atoms with Gasteiger partial charge in [-0.3, -0.25) is 0 Å². The normalized spacial score (nSPS) is 10.8. The van der Waals surface area contributed by atoms with Crippen LogP contribution in [0.5, 0.6) is 0 Å². The van der Waals surface area contributed by atoms with Crippen LogP contribution in [0.25, 0.3) is 0 Å². The van der Waals surface area contributed by atoms with Crippen LogP contribution in [0.1, 0.15) is 32.3 Å². The van der Waals surface area contributed by atoms with Crippen molar-refractivity contribution >= 4 is 5.69 Å². The maximum Gasteiger partial charge on any atom is 0.143 e. The lowest BCUT2D eigenvalue weighted by Gasteiger charge is -2.20. The Balaban J connectivity index is 2.35. The molecule has 0 spiro atoms. The molecule has 3 nitrogen and oxygen atoms in total. The number of nitrogens with zero attached hydrogens (tertiary/aromatic N) is 2. The summed E-state index contributed by atoms with van der Waals surface area (Å²) in [7, 11) is 2.11. The molecule has 1 N–H and O–H groups in total.